The summed E-state index contributed by atoms with van der Waals surface area (Å²) < 4.78 is 12.4. The Kier molecular flexibility index (Phi) is 7.45. The second kappa shape index (κ2) is 11.4. The average molecular weight is 517 g/mol. The molecule has 0 amide bonds. The molecule has 8 nitrogen and oxygen atoms in total. The van der Waals surface area contributed by atoms with Crippen LogP contribution in [0.1, 0.15) is 25.2 Å². The zero-order chi connectivity index (χ0) is 27.2. The lowest BCUT2D eigenvalue weighted by molar-refractivity contribution is 0.243. The summed E-state index contributed by atoms with van der Waals surface area (Å²) in [4.78, 5) is 17.5. The van der Waals surface area contributed by atoms with Crippen LogP contribution in [0.15, 0.2) is 118 Å². The Hall–Kier alpha value is -5.24. The van der Waals surface area contributed by atoms with Crippen molar-refractivity contribution in [3.63, 3.8) is 0 Å². The Morgan fingerprint density at radius 1 is 0.718 bits per heavy atom. The number of ether oxygens (including phenoxy) is 1. The van der Waals surface area contributed by atoms with Crippen LogP contribution in [0.2, 0.25) is 0 Å². The maximum atomic E-state index is 6.24. The van der Waals surface area contributed by atoms with Crippen LogP contribution in [0.4, 0.5) is 11.4 Å². The van der Waals surface area contributed by atoms with Gasteiger partial charge in [0.15, 0.2) is 0 Å². The van der Waals surface area contributed by atoms with Gasteiger partial charge in [-0.2, -0.15) is 0 Å². The lowest BCUT2D eigenvalue weighted by Crippen LogP contribution is -2.14. The number of furan rings is 1. The van der Waals surface area contributed by atoms with Crippen LogP contribution in [-0.4, -0.2) is 27.7 Å². The maximum absolute atomic E-state index is 6.24. The molecule has 39 heavy (non-hydrogen) atoms. The lowest BCUT2D eigenvalue weighted by atomic mass is 10.1. The van der Waals surface area contributed by atoms with Gasteiger partial charge in [0.25, 0.3) is 0 Å². The number of hydrogen-bond donors (Lipinski definition) is 2. The fourth-order valence-corrected chi connectivity index (χ4v) is 3.89. The van der Waals surface area contributed by atoms with Crippen molar-refractivity contribution in [3.05, 3.63) is 115 Å². The van der Waals surface area contributed by atoms with Gasteiger partial charge < -0.3 is 20.6 Å². The van der Waals surface area contributed by atoms with E-state index < -0.39 is 0 Å². The smallest absolute Gasteiger partial charge is 0.150 e. The molecule has 5 rings (SSSR count). The van der Waals surface area contributed by atoms with Crippen molar-refractivity contribution in [2.75, 3.05) is 0 Å². The van der Waals surface area contributed by atoms with E-state index >= 15 is 0 Å². The number of aromatic nitrogens is 2. The van der Waals surface area contributed by atoms with Crippen molar-refractivity contribution >= 4 is 23.0 Å². The van der Waals surface area contributed by atoms with Crippen molar-refractivity contribution in [2.24, 2.45) is 21.5 Å². The highest BCUT2D eigenvalue weighted by atomic mass is 16.5. The molecule has 0 aliphatic carbocycles. The average Bonchev–Trinajstić information content (AvgIpc) is 3.44. The first-order valence-electron chi connectivity index (χ1n) is 12.5. The zero-order valence-corrected chi connectivity index (χ0v) is 21.7. The molecule has 3 aromatic heterocycles. The topological polar surface area (TPSA) is 125 Å². The van der Waals surface area contributed by atoms with Crippen molar-refractivity contribution in [2.45, 2.75) is 20.0 Å². The first-order chi connectivity index (χ1) is 19.0. The summed E-state index contributed by atoms with van der Waals surface area (Å²) in [5.41, 5.74) is 16.6. The molecular weight excluding hydrogens is 488 g/mol. The van der Waals surface area contributed by atoms with Gasteiger partial charge in [0.2, 0.25) is 0 Å². The third-order valence-electron chi connectivity index (χ3n) is 5.70. The quantitative estimate of drug-likeness (QED) is 0.185. The fourth-order valence-electron chi connectivity index (χ4n) is 3.89. The molecular formula is C31H28N6O2. The first-order valence-corrected chi connectivity index (χ1v) is 12.5. The normalized spacial score (nSPS) is 12.1. The molecule has 0 bridgehead atoms. The van der Waals surface area contributed by atoms with Crippen molar-refractivity contribution in [1.82, 2.24) is 9.97 Å². The predicted octanol–water partition coefficient (Wildman–Crippen LogP) is 6.26. The van der Waals surface area contributed by atoms with E-state index in [9.17, 15) is 0 Å². The summed E-state index contributed by atoms with van der Waals surface area (Å²) in [6, 6.07) is 28.2. The Balaban J connectivity index is 1.40. The second-order valence-electron chi connectivity index (χ2n) is 8.98. The van der Waals surface area contributed by atoms with E-state index in [1.807, 2.05) is 105 Å². The zero-order valence-electron chi connectivity index (χ0n) is 21.7. The van der Waals surface area contributed by atoms with Crippen LogP contribution in [0.3, 0.4) is 0 Å². The molecule has 0 aliphatic rings. The minimum atomic E-state index is -0.0443. The number of nitrogens with two attached hydrogens (primary N) is 2. The molecule has 2 aromatic carbocycles. The molecule has 0 fully saturated rings. The van der Waals surface area contributed by atoms with Crippen molar-refractivity contribution < 1.29 is 9.15 Å². The summed E-state index contributed by atoms with van der Waals surface area (Å²) in [5, 5.41) is 0. The van der Waals surface area contributed by atoms with Gasteiger partial charge in [0, 0.05) is 24.0 Å². The van der Waals surface area contributed by atoms with Crippen molar-refractivity contribution in [1.29, 1.82) is 0 Å². The highest BCUT2D eigenvalue weighted by molar-refractivity contribution is 5.98. The number of amidine groups is 2. The van der Waals surface area contributed by atoms with E-state index in [0.717, 1.165) is 22.6 Å². The number of rotatable bonds is 8. The van der Waals surface area contributed by atoms with Crippen LogP contribution in [0.5, 0.6) is 5.75 Å². The van der Waals surface area contributed by atoms with E-state index in [-0.39, 0.29) is 6.10 Å². The molecule has 5 aromatic rings. The maximum Gasteiger partial charge on any atom is 0.150 e. The predicted molar refractivity (Wildman–Crippen MR) is 155 cm³/mol. The SMILES string of the molecule is CC(C)Oc1cc(N=C(N)c2ccccn2)ccc1-c1ccc(-c2ccc(N=C(N)c3ccccn3)cc2)o1. The lowest BCUT2D eigenvalue weighted by Gasteiger charge is -2.14. The van der Waals surface area contributed by atoms with Gasteiger partial charge in [-0.3, -0.25) is 9.97 Å². The van der Waals surface area contributed by atoms with E-state index in [1.165, 1.54) is 0 Å². The van der Waals surface area contributed by atoms with Crippen LogP contribution in [0, 0.1) is 0 Å². The molecule has 0 saturated carbocycles. The van der Waals surface area contributed by atoms with E-state index in [1.54, 1.807) is 12.4 Å². The number of hydrogen-bond acceptors (Lipinski definition) is 6. The van der Waals surface area contributed by atoms with Gasteiger partial charge in [-0.05, 0) is 86.6 Å². The Morgan fingerprint density at radius 2 is 1.31 bits per heavy atom. The van der Waals surface area contributed by atoms with E-state index in [0.29, 0.717) is 40.3 Å². The number of nitrogens with zero attached hydrogens (tertiary/aromatic N) is 4. The summed E-state index contributed by atoms with van der Waals surface area (Å²) >= 11 is 0. The Labute approximate surface area is 226 Å². The third kappa shape index (κ3) is 6.19. The summed E-state index contributed by atoms with van der Waals surface area (Å²) in [7, 11) is 0. The number of pyridine rings is 2. The second-order valence-corrected chi connectivity index (χ2v) is 8.98. The largest absolute Gasteiger partial charge is 0.490 e. The van der Waals surface area contributed by atoms with Crippen LogP contribution < -0.4 is 16.2 Å². The van der Waals surface area contributed by atoms with Crippen LogP contribution >= 0.6 is 0 Å². The van der Waals surface area contributed by atoms with E-state index in [2.05, 4.69) is 20.0 Å². The Bertz CT molecular complexity index is 1610. The van der Waals surface area contributed by atoms with Gasteiger partial charge in [-0.1, -0.05) is 12.1 Å². The molecule has 0 aliphatic heterocycles. The highest BCUT2D eigenvalue weighted by Crippen LogP contribution is 2.37. The molecule has 4 N–H and O–H groups in total. The summed E-state index contributed by atoms with van der Waals surface area (Å²) in [5.74, 6) is 2.73. The van der Waals surface area contributed by atoms with Crippen LogP contribution in [0.25, 0.3) is 22.6 Å². The summed E-state index contributed by atoms with van der Waals surface area (Å²) in [6.45, 7) is 3.94. The van der Waals surface area contributed by atoms with Crippen molar-refractivity contribution in [3.8, 4) is 28.4 Å². The monoisotopic (exact) mass is 516 g/mol. The first kappa shape index (κ1) is 25.4. The van der Waals surface area contributed by atoms with Gasteiger partial charge in [-0.25, -0.2) is 9.98 Å². The van der Waals surface area contributed by atoms with E-state index in [4.69, 9.17) is 20.6 Å². The molecule has 0 atom stereocenters. The Morgan fingerprint density at radius 3 is 1.90 bits per heavy atom. The molecule has 0 unspecified atom stereocenters. The molecule has 194 valence electrons. The molecule has 0 saturated heterocycles. The number of benzene rings is 2. The standard InChI is InChI=1S/C31H28N6O2/c1-20(2)38-29-19-23(37-31(33)26-8-4-6-18-35-26)13-14-24(29)28-16-15-27(39-28)21-9-11-22(12-10-21)36-30(32)25-7-3-5-17-34-25/h3-20H,1-2H3,(H2,32,36)(H2,33,37). The van der Waals surface area contributed by atoms with Gasteiger partial charge in [-0.15, -0.1) is 0 Å². The summed E-state index contributed by atoms with van der Waals surface area (Å²) in [6.07, 6.45) is 3.32. The highest BCUT2D eigenvalue weighted by Gasteiger charge is 2.15. The minimum absolute atomic E-state index is 0.0443. The minimum Gasteiger partial charge on any atom is -0.490 e. The molecule has 0 spiro atoms. The van der Waals surface area contributed by atoms with Gasteiger partial charge in [0.1, 0.15) is 40.3 Å². The molecule has 0 radical (unpaired) electrons. The molecule has 8 heteroatoms. The van der Waals surface area contributed by atoms with Crippen LogP contribution in [-0.2, 0) is 0 Å². The van der Waals surface area contributed by atoms with Gasteiger partial charge >= 0.3 is 0 Å². The number of aliphatic imine (C=N–C) groups is 2. The third-order valence-corrected chi connectivity index (χ3v) is 5.70. The fraction of sp³-hybridized carbons (Fsp3) is 0.0968. The molecule has 3 heterocycles. The van der Waals surface area contributed by atoms with Gasteiger partial charge in [0.05, 0.1) is 23.0 Å².